The van der Waals surface area contributed by atoms with E-state index >= 15 is 0 Å². The second kappa shape index (κ2) is 11.1. The quantitative estimate of drug-likeness (QED) is 0.530. The normalized spacial score (nSPS) is 20.7. The highest BCUT2D eigenvalue weighted by molar-refractivity contribution is 7.89. The first-order valence-electron chi connectivity index (χ1n) is 11.2. The molecule has 32 heavy (non-hydrogen) atoms. The Morgan fingerprint density at radius 1 is 1.00 bits per heavy atom. The van der Waals surface area contributed by atoms with Crippen LogP contribution in [0.3, 0.4) is 0 Å². The molecule has 10 heteroatoms. The summed E-state index contributed by atoms with van der Waals surface area (Å²) in [5.74, 6) is 0.112. The molecule has 0 bridgehead atoms. The van der Waals surface area contributed by atoms with E-state index in [0.717, 1.165) is 12.8 Å². The molecule has 9 nitrogen and oxygen atoms in total. The van der Waals surface area contributed by atoms with Crippen molar-refractivity contribution in [3.05, 3.63) is 24.3 Å². The number of hydrogen-bond donors (Lipinski definition) is 0. The summed E-state index contributed by atoms with van der Waals surface area (Å²) in [6, 6.07) is 6.44. The van der Waals surface area contributed by atoms with Gasteiger partial charge in [-0.1, -0.05) is 0 Å². The van der Waals surface area contributed by atoms with Crippen LogP contribution in [0.1, 0.15) is 26.7 Å². The third-order valence-corrected chi connectivity index (χ3v) is 7.77. The molecule has 1 aromatic rings. The largest absolute Gasteiger partial charge is 0.494 e. The van der Waals surface area contributed by atoms with Crippen molar-refractivity contribution in [2.24, 2.45) is 5.92 Å². The van der Waals surface area contributed by atoms with E-state index in [0.29, 0.717) is 58.2 Å². The Morgan fingerprint density at radius 3 is 2.31 bits per heavy atom. The van der Waals surface area contributed by atoms with Crippen LogP contribution in [0.2, 0.25) is 0 Å². The van der Waals surface area contributed by atoms with Crippen LogP contribution in [0.5, 0.6) is 5.75 Å². The van der Waals surface area contributed by atoms with Gasteiger partial charge >= 0.3 is 5.97 Å². The van der Waals surface area contributed by atoms with Gasteiger partial charge in [-0.15, -0.1) is 0 Å². The number of nitrogens with zero attached hydrogens (tertiary/aromatic N) is 3. The van der Waals surface area contributed by atoms with Gasteiger partial charge < -0.3 is 14.4 Å². The first-order valence-corrected chi connectivity index (χ1v) is 12.7. The lowest BCUT2D eigenvalue weighted by atomic mass is 9.98. The predicted molar refractivity (Wildman–Crippen MR) is 119 cm³/mol. The van der Waals surface area contributed by atoms with Crippen molar-refractivity contribution >= 4 is 21.9 Å². The molecule has 1 aromatic carbocycles. The van der Waals surface area contributed by atoms with Crippen LogP contribution >= 0.6 is 0 Å². The van der Waals surface area contributed by atoms with Crippen molar-refractivity contribution in [1.29, 1.82) is 0 Å². The summed E-state index contributed by atoms with van der Waals surface area (Å²) in [7, 11) is -3.58. The molecule has 2 fully saturated rings. The maximum absolute atomic E-state index is 12.9. The molecule has 0 aliphatic carbocycles. The van der Waals surface area contributed by atoms with E-state index < -0.39 is 10.0 Å². The number of esters is 1. The van der Waals surface area contributed by atoms with Gasteiger partial charge in [-0.3, -0.25) is 14.5 Å². The number of sulfonamides is 1. The zero-order valence-corrected chi connectivity index (χ0v) is 19.7. The lowest BCUT2D eigenvalue weighted by Gasteiger charge is -2.36. The topological polar surface area (TPSA) is 96.5 Å². The number of carbonyl (C=O) groups is 2. The Bertz CT molecular complexity index is 881. The summed E-state index contributed by atoms with van der Waals surface area (Å²) in [6.07, 6.45) is 1.52. The van der Waals surface area contributed by atoms with Gasteiger partial charge in [-0.2, -0.15) is 4.31 Å². The zero-order valence-electron chi connectivity index (χ0n) is 18.9. The van der Waals surface area contributed by atoms with E-state index in [1.54, 1.807) is 36.1 Å². The van der Waals surface area contributed by atoms with E-state index in [4.69, 9.17) is 9.47 Å². The fraction of sp³-hybridized carbons (Fsp3) is 0.636. The van der Waals surface area contributed by atoms with Crippen molar-refractivity contribution in [1.82, 2.24) is 14.1 Å². The smallest absolute Gasteiger partial charge is 0.310 e. The molecule has 2 saturated heterocycles. The number of rotatable bonds is 8. The summed E-state index contributed by atoms with van der Waals surface area (Å²) >= 11 is 0. The Kier molecular flexibility index (Phi) is 8.50. The zero-order chi connectivity index (χ0) is 23.1. The highest BCUT2D eigenvalue weighted by Crippen LogP contribution is 2.22. The second-order valence-electron chi connectivity index (χ2n) is 8.02. The van der Waals surface area contributed by atoms with E-state index in [1.807, 2.05) is 11.8 Å². The van der Waals surface area contributed by atoms with E-state index in [1.165, 1.54) is 4.31 Å². The Hall–Kier alpha value is -2.17. The molecule has 0 radical (unpaired) electrons. The summed E-state index contributed by atoms with van der Waals surface area (Å²) in [5, 5.41) is 0. The Labute approximate surface area is 190 Å². The van der Waals surface area contributed by atoms with Gasteiger partial charge in [-0.25, -0.2) is 8.42 Å². The van der Waals surface area contributed by atoms with Crippen LogP contribution in [-0.2, 0) is 24.3 Å². The van der Waals surface area contributed by atoms with Crippen LogP contribution < -0.4 is 4.74 Å². The molecule has 2 aliphatic rings. The Morgan fingerprint density at radius 2 is 1.69 bits per heavy atom. The summed E-state index contributed by atoms with van der Waals surface area (Å²) < 4.78 is 37.8. The fourth-order valence-electron chi connectivity index (χ4n) is 4.10. The third-order valence-electron chi connectivity index (χ3n) is 5.86. The molecule has 178 valence electrons. The minimum atomic E-state index is -3.58. The van der Waals surface area contributed by atoms with Crippen molar-refractivity contribution in [3.8, 4) is 5.75 Å². The van der Waals surface area contributed by atoms with Crippen LogP contribution in [0.4, 0.5) is 0 Å². The summed E-state index contributed by atoms with van der Waals surface area (Å²) in [6.45, 7) is 7.40. The van der Waals surface area contributed by atoms with E-state index in [-0.39, 0.29) is 29.2 Å². The standard InChI is InChI=1S/C22H33N3O6S/c1-3-30-19-7-9-20(10-8-19)32(28,29)25-14-12-23(13-15-25)17-21(26)24-11-5-6-18(16-24)22(27)31-4-2/h7-10,18H,3-6,11-17H2,1-2H3/t18-/m0/s1. The molecule has 2 aliphatic heterocycles. The average molecular weight is 468 g/mol. The monoisotopic (exact) mass is 467 g/mol. The molecule has 0 saturated carbocycles. The Balaban J connectivity index is 1.50. The predicted octanol–water partition coefficient (Wildman–Crippen LogP) is 1.19. The number of piperidine rings is 1. The molecule has 1 amide bonds. The number of piperazine rings is 1. The minimum Gasteiger partial charge on any atom is -0.494 e. The number of amides is 1. The van der Waals surface area contributed by atoms with Crippen LogP contribution in [0.25, 0.3) is 0 Å². The number of benzene rings is 1. The third kappa shape index (κ3) is 5.99. The lowest BCUT2D eigenvalue weighted by Crippen LogP contribution is -2.52. The van der Waals surface area contributed by atoms with Crippen molar-refractivity contribution in [3.63, 3.8) is 0 Å². The number of hydrogen-bond acceptors (Lipinski definition) is 7. The molecule has 1 atom stereocenters. The molecule has 0 aromatic heterocycles. The molecule has 0 unspecified atom stereocenters. The lowest BCUT2D eigenvalue weighted by molar-refractivity contribution is -0.151. The second-order valence-corrected chi connectivity index (χ2v) is 9.95. The highest BCUT2D eigenvalue weighted by Gasteiger charge is 2.32. The summed E-state index contributed by atoms with van der Waals surface area (Å²) in [5.41, 5.74) is 0. The van der Waals surface area contributed by atoms with Crippen LogP contribution in [0.15, 0.2) is 29.2 Å². The van der Waals surface area contributed by atoms with Gasteiger partial charge in [0.25, 0.3) is 0 Å². The minimum absolute atomic E-state index is 0.0261. The van der Waals surface area contributed by atoms with Crippen molar-refractivity contribution < 1.29 is 27.5 Å². The van der Waals surface area contributed by atoms with E-state index in [9.17, 15) is 18.0 Å². The van der Waals surface area contributed by atoms with Gasteiger partial charge in [-0.05, 0) is 51.0 Å². The fourth-order valence-corrected chi connectivity index (χ4v) is 5.52. The molecule has 3 rings (SSSR count). The van der Waals surface area contributed by atoms with Crippen LogP contribution in [0, 0.1) is 5.92 Å². The molecular formula is C22H33N3O6S. The van der Waals surface area contributed by atoms with Gasteiger partial charge in [0.1, 0.15) is 5.75 Å². The molecule has 0 N–H and O–H groups in total. The highest BCUT2D eigenvalue weighted by atomic mass is 32.2. The molecule has 2 heterocycles. The summed E-state index contributed by atoms with van der Waals surface area (Å²) in [4.78, 5) is 28.7. The van der Waals surface area contributed by atoms with Crippen LogP contribution in [-0.4, -0.2) is 93.4 Å². The SMILES string of the molecule is CCOC(=O)[C@H]1CCCN(C(=O)CN2CCN(S(=O)(=O)c3ccc(OCC)cc3)CC2)C1. The maximum atomic E-state index is 12.9. The van der Waals surface area contributed by atoms with Gasteiger partial charge in [0.15, 0.2) is 0 Å². The maximum Gasteiger partial charge on any atom is 0.310 e. The van der Waals surface area contributed by atoms with Gasteiger partial charge in [0.2, 0.25) is 15.9 Å². The van der Waals surface area contributed by atoms with Crippen molar-refractivity contribution in [2.45, 2.75) is 31.6 Å². The van der Waals surface area contributed by atoms with Gasteiger partial charge in [0.05, 0.1) is 30.6 Å². The molecule has 0 spiro atoms. The first-order chi connectivity index (χ1) is 15.3. The number of carbonyl (C=O) groups excluding carboxylic acids is 2. The molecular weight excluding hydrogens is 434 g/mol. The average Bonchev–Trinajstić information content (AvgIpc) is 2.80. The van der Waals surface area contributed by atoms with Gasteiger partial charge in [0, 0.05) is 39.3 Å². The number of ether oxygens (including phenoxy) is 2. The van der Waals surface area contributed by atoms with E-state index in [2.05, 4.69) is 0 Å². The van der Waals surface area contributed by atoms with Crippen molar-refractivity contribution in [2.75, 3.05) is 59.0 Å². The first kappa shape index (κ1) is 24.5. The number of likely N-dealkylation sites (tertiary alicyclic amines) is 1.